The lowest BCUT2D eigenvalue weighted by Gasteiger charge is -2.20. The Labute approximate surface area is 159 Å². The van der Waals surface area contributed by atoms with Crippen LogP contribution in [0, 0.1) is 11.3 Å². The molecule has 0 spiro atoms. The lowest BCUT2D eigenvalue weighted by Crippen LogP contribution is -2.29. The number of nitrogens with two attached hydrogens (primary N) is 2. The van der Waals surface area contributed by atoms with Gasteiger partial charge in [-0.15, -0.1) is 0 Å². The van der Waals surface area contributed by atoms with Crippen molar-refractivity contribution in [3.05, 3.63) is 35.9 Å². The number of hydrogen-bond acceptors (Lipinski definition) is 8. The summed E-state index contributed by atoms with van der Waals surface area (Å²) in [5.74, 6) is 4.72. The number of ether oxygens (including phenoxy) is 1. The highest BCUT2D eigenvalue weighted by Crippen LogP contribution is 2.18. The first kappa shape index (κ1) is 22.1. The van der Waals surface area contributed by atoms with Gasteiger partial charge in [0.25, 0.3) is 0 Å². The van der Waals surface area contributed by atoms with Crippen molar-refractivity contribution in [2.75, 3.05) is 13.3 Å². The molecule has 1 aromatic rings. The van der Waals surface area contributed by atoms with Crippen LogP contribution < -0.4 is 11.6 Å². The third kappa shape index (κ3) is 8.35. The maximum atomic E-state index is 12.4. The van der Waals surface area contributed by atoms with Crippen molar-refractivity contribution in [3.63, 3.8) is 0 Å². The Hall–Kier alpha value is -2.90. The fourth-order valence-electron chi connectivity index (χ4n) is 2.23. The standard InChI is InChI=1S/C17H24BN6O3/c1-22-24(11-5-10-19)16(23-21)9-8-15(18-27-13-20)17(25)26-12-14-6-3-2-4-7-14/h2-4,6-7,15H,1,5,8-9,11-13,20-21H2/b23-16-. The van der Waals surface area contributed by atoms with Crippen LogP contribution >= 0.6 is 0 Å². The van der Waals surface area contributed by atoms with Crippen molar-refractivity contribution in [2.45, 2.75) is 31.7 Å². The van der Waals surface area contributed by atoms with Gasteiger partial charge in [-0.1, -0.05) is 30.3 Å². The van der Waals surface area contributed by atoms with Gasteiger partial charge in [0.1, 0.15) is 12.4 Å². The molecule has 9 nitrogen and oxygen atoms in total. The molecule has 1 unspecified atom stereocenters. The SMILES string of the molecule is C=NN(CCC#N)/C(CCC([B]OCN)C(=O)OCc1ccccc1)=N\N. The summed E-state index contributed by atoms with van der Waals surface area (Å²) in [5.41, 5.74) is 6.22. The average molecular weight is 371 g/mol. The number of amidine groups is 1. The summed E-state index contributed by atoms with van der Waals surface area (Å²) in [7, 11) is 1.35. The second-order valence-corrected chi connectivity index (χ2v) is 5.43. The fourth-order valence-corrected chi connectivity index (χ4v) is 2.23. The second kappa shape index (κ2) is 13.3. The van der Waals surface area contributed by atoms with Crippen LogP contribution in [0.15, 0.2) is 40.5 Å². The summed E-state index contributed by atoms with van der Waals surface area (Å²) in [5, 5.41) is 17.6. The Kier molecular flexibility index (Phi) is 10.9. The van der Waals surface area contributed by atoms with Crippen LogP contribution in [0.2, 0.25) is 5.82 Å². The number of hydrazone groups is 2. The number of nitrogens with zero attached hydrogens (tertiary/aromatic N) is 4. The first-order chi connectivity index (χ1) is 13.2. The Bertz CT molecular complexity index is 650. The van der Waals surface area contributed by atoms with Crippen LogP contribution in [0.5, 0.6) is 0 Å². The smallest absolute Gasteiger partial charge is 0.309 e. The minimum atomic E-state index is -0.656. The van der Waals surface area contributed by atoms with Crippen molar-refractivity contribution in [1.29, 1.82) is 5.26 Å². The van der Waals surface area contributed by atoms with Gasteiger partial charge in [0.2, 0.25) is 0 Å². The normalized spacial score (nSPS) is 11.9. The molecule has 0 bridgehead atoms. The number of hydrogen-bond donors (Lipinski definition) is 2. The lowest BCUT2D eigenvalue weighted by molar-refractivity contribution is -0.145. The Morgan fingerprint density at radius 2 is 2.15 bits per heavy atom. The van der Waals surface area contributed by atoms with E-state index in [0.29, 0.717) is 25.2 Å². The van der Waals surface area contributed by atoms with Crippen molar-refractivity contribution >= 4 is 26.0 Å². The largest absolute Gasteiger partial charge is 0.461 e. The molecular formula is C17H24BN6O3. The molecule has 1 aromatic carbocycles. The van der Waals surface area contributed by atoms with Crippen molar-refractivity contribution in [1.82, 2.24) is 5.01 Å². The monoisotopic (exact) mass is 371 g/mol. The summed E-state index contributed by atoms with van der Waals surface area (Å²) in [4.78, 5) is 12.4. The van der Waals surface area contributed by atoms with Gasteiger partial charge < -0.3 is 21.0 Å². The van der Waals surface area contributed by atoms with Crippen LogP contribution in [-0.2, 0) is 20.8 Å². The van der Waals surface area contributed by atoms with E-state index in [4.69, 9.17) is 26.2 Å². The van der Waals surface area contributed by atoms with Crippen LogP contribution in [0.25, 0.3) is 0 Å². The molecule has 1 radical (unpaired) electrons. The first-order valence-corrected chi connectivity index (χ1v) is 8.39. The molecule has 0 amide bonds. The molecule has 0 aliphatic rings. The van der Waals surface area contributed by atoms with Gasteiger partial charge in [-0.25, -0.2) is 5.01 Å². The van der Waals surface area contributed by atoms with E-state index in [2.05, 4.69) is 16.9 Å². The molecule has 10 heteroatoms. The summed E-state index contributed by atoms with van der Waals surface area (Å²) in [6.07, 6.45) is 0.877. The predicted molar refractivity (Wildman–Crippen MR) is 103 cm³/mol. The van der Waals surface area contributed by atoms with Gasteiger partial charge in [-0.2, -0.15) is 15.5 Å². The summed E-state index contributed by atoms with van der Waals surface area (Å²) in [6.45, 7) is 3.86. The topological polar surface area (TPSA) is 139 Å². The Morgan fingerprint density at radius 1 is 1.41 bits per heavy atom. The average Bonchev–Trinajstić information content (AvgIpc) is 2.71. The highest BCUT2D eigenvalue weighted by atomic mass is 16.5. The number of esters is 1. The summed E-state index contributed by atoms with van der Waals surface area (Å²) in [6, 6.07) is 11.4. The van der Waals surface area contributed by atoms with Crippen LogP contribution in [0.1, 0.15) is 24.8 Å². The van der Waals surface area contributed by atoms with E-state index in [1.54, 1.807) is 0 Å². The maximum Gasteiger partial charge on any atom is 0.309 e. The highest BCUT2D eigenvalue weighted by Gasteiger charge is 2.24. The van der Waals surface area contributed by atoms with Gasteiger partial charge in [0, 0.05) is 13.1 Å². The highest BCUT2D eigenvalue weighted by molar-refractivity contribution is 6.36. The Balaban J connectivity index is 2.65. The molecule has 4 N–H and O–H groups in total. The van der Waals surface area contributed by atoms with Gasteiger partial charge in [0.15, 0.2) is 0 Å². The van der Waals surface area contributed by atoms with Crippen LogP contribution in [-0.4, -0.2) is 44.3 Å². The number of rotatable bonds is 12. The van der Waals surface area contributed by atoms with Gasteiger partial charge in [0.05, 0.1) is 31.6 Å². The number of benzene rings is 1. The van der Waals surface area contributed by atoms with E-state index in [1.165, 1.54) is 12.5 Å². The third-order valence-corrected chi connectivity index (χ3v) is 3.62. The van der Waals surface area contributed by atoms with E-state index in [0.717, 1.165) is 5.56 Å². The number of carbonyl (C=O) groups excluding carboxylic acids is 1. The Morgan fingerprint density at radius 3 is 2.74 bits per heavy atom. The second-order valence-electron chi connectivity index (χ2n) is 5.43. The molecule has 0 saturated heterocycles. The zero-order chi connectivity index (χ0) is 19.9. The van der Waals surface area contributed by atoms with Crippen LogP contribution in [0.4, 0.5) is 0 Å². The molecular weight excluding hydrogens is 347 g/mol. The number of nitriles is 1. The molecule has 27 heavy (non-hydrogen) atoms. The van der Waals surface area contributed by atoms with E-state index in [9.17, 15) is 4.79 Å². The lowest BCUT2D eigenvalue weighted by atomic mass is 9.76. The molecule has 1 rings (SSSR count). The van der Waals surface area contributed by atoms with E-state index < -0.39 is 11.8 Å². The summed E-state index contributed by atoms with van der Waals surface area (Å²) >= 11 is 0. The molecule has 1 atom stereocenters. The molecule has 0 aliphatic carbocycles. The fraction of sp³-hybridized carbons (Fsp3) is 0.412. The minimum Gasteiger partial charge on any atom is -0.461 e. The third-order valence-electron chi connectivity index (χ3n) is 3.62. The zero-order valence-corrected chi connectivity index (χ0v) is 15.2. The quantitative estimate of drug-likeness (QED) is 0.106. The molecule has 0 aromatic heterocycles. The van der Waals surface area contributed by atoms with Crippen molar-refractivity contribution < 1.29 is 14.2 Å². The maximum absolute atomic E-state index is 12.4. The van der Waals surface area contributed by atoms with E-state index in [-0.39, 0.29) is 19.8 Å². The first-order valence-electron chi connectivity index (χ1n) is 8.39. The van der Waals surface area contributed by atoms with Crippen molar-refractivity contribution in [3.8, 4) is 6.07 Å². The van der Waals surface area contributed by atoms with Crippen molar-refractivity contribution in [2.24, 2.45) is 21.8 Å². The van der Waals surface area contributed by atoms with Gasteiger partial charge in [-0.05, 0) is 12.0 Å². The molecule has 0 fully saturated rings. The van der Waals surface area contributed by atoms with E-state index in [1.807, 2.05) is 36.4 Å². The van der Waals surface area contributed by atoms with Gasteiger partial charge >= 0.3 is 13.5 Å². The zero-order valence-electron chi connectivity index (χ0n) is 15.2. The number of carbonyl (C=O) groups is 1. The molecule has 0 heterocycles. The minimum absolute atomic E-state index is 0.0528. The molecule has 143 valence electrons. The van der Waals surface area contributed by atoms with E-state index >= 15 is 0 Å². The van der Waals surface area contributed by atoms with Gasteiger partial charge in [-0.3, -0.25) is 4.79 Å². The van der Waals surface area contributed by atoms with Crippen LogP contribution in [0.3, 0.4) is 0 Å². The predicted octanol–water partition coefficient (Wildman–Crippen LogP) is 0.954. The molecule has 0 saturated carbocycles. The molecule has 0 aliphatic heterocycles. The summed E-state index contributed by atoms with van der Waals surface area (Å²) < 4.78 is 10.4.